The van der Waals surface area contributed by atoms with E-state index in [0.717, 1.165) is 32.1 Å². The molecule has 1 aromatic carbocycles. The van der Waals surface area contributed by atoms with E-state index in [2.05, 4.69) is 67.4 Å². The highest BCUT2D eigenvalue weighted by Crippen LogP contribution is 2.38. The van der Waals surface area contributed by atoms with Crippen LogP contribution in [0.5, 0.6) is 0 Å². The predicted molar refractivity (Wildman–Crippen MR) is 115 cm³/mol. The molecule has 0 amide bonds. The summed E-state index contributed by atoms with van der Waals surface area (Å²) in [4.78, 5) is 13.5. The van der Waals surface area contributed by atoms with Gasteiger partial charge >= 0.3 is 5.97 Å². The second kappa shape index (κ2) is 9.23. The Labute approximate surface area is 170 Å². The fraction of sp³-hybridized carbons (Fsp3) is 0.625. The lowest BCUT2D eigenvalue weighted by Gasteiger charge is -2.37. The molecule has 28 heavy (non-hydrogen) atoms. The molecule has 3 rings (SSSR count). The third kappa shape index (κ3) is 6.46. The molecule has 2 aliphatic rings. The van der Waals surface area contributed by atoms with Crippen LogP contribution in [-0.4, -0.2) is 48.2 Å². The van der Waals surface area contributed by atoms with Gasteiger partial charge in [0, 0.05) is 12.6 Å². The van der Waals surface area contributed by atoms with Crippen molar-refractivity contribution in [2.45, 2.75) is 52.5 Å². The molecule has 4 heteroatoms. The monoisotopic (exact) mass is 384 g/mol. The summed E-state index contributed by atoms with van der Waals surface area (Å²) in [6, 6.07) is 11.2. The SMILES string of the molecule is C/C(=C\c1ccccc1)C1CC1NCC1CCN(CC(C)(C)CC(=O)O)CC1. The van der Waals surface area contributed by atoms with Crippen LogP contribution in [0.3, 0.4) is 0 Å². The number of carboxylic acid groups (broad SMARTS) is 1. The highest BCUT2D eigenvalue weighted by Gasteiger charge is 2.38. The maximum Gasteiger partial charge on any atom is 0.303 e. The van der Waals surface area contributed by atoms with E-state index in [-0.39, 0.29) is 11.8 Å². The van der Waals surface area contributed by atoms with Crippen LogP contribution in [0.2, 0.25) is 0 Å². The summed E-state index contributed by atoms with van der Waals surface area (Å²) in [5, 5.41) is 12.9. The summed E-state index contributed by atoms with van der Waals surface area (Å²) < 4.78 is 0. The fourth-order valence-electron chi connectivity index (χ4n) is 4.58. The lowest BCUT2D eigenvalue weighted by atomic mass is 9.87. The zero-order valence-corrected chi connectivity index (χ0v) is 17.7. The number of hydrogen-bond donors (Lipinski definition) is 2. The zero-order valence-electron chi connectivity index (χ0n) is 17.7. The van der Waals surface area contributed by atoms with Gasteiger partial charge in [0.15, 0.2) is 0 Å². The molecule has 0 aromatic heterocycles. The molecular weight excluding hydrogens is 348 g/mol. The van der Waals surface area contributed by atoms with E-state index in [1.165, 1.54) is 30.4 Å². The number of nitrogens with zero attached hydrogens (tertiary/aromatic N) is 1. The summed E-state index contributed by atoms with van der Waals surface area (Å²) in [6.07, 6.45) is 6.26. The third-order valence-corrected chi connectivity index (χ3v) is 6.23. The van der Waals surface area contributed by atoms with Crippen LogP contribution < -0.4 is 5.32 Å². The van der Waals surface area contributed by atoms with E-state index in [0.29, 0.717) is 12.0 Å². The molecular formula is C24H36N2O2. The molecule has 1 aliphatic heterocycles. The van der Waals surface area contributed by atoms with Gasteiger partial charge in [0.1, 0.15) is 0 Å². The lowest BCUT2D eigenvalue weighted by molar-refractivity contribution is -0.139. The van der Waals surface area contributed by atoms with Crippen LogP contribution in [-0.2, 0) is 4.79 Å². The maximum absolute atomic E-state index is 11.0. The number of carboxylic acids is 1. The van der Waals surface area contributed by atoms with E-state index in [1.807, 2.05) is 0 Å². The van der Waals surface area contributed by atoms with Crippen molar-refractivity contribution in [3.05, 3.63) is 41.5 Å². The van der Waals surface area contributed by atoms with Crippen LogP contribution >= 0.6 is 0 Å². The van der Waals surface area contributed by atoms with Crippen LogP contribution in [0.1, 0.15) is 52.0 Å². The minimum Gasteiger partial charge on any atom is -0.481 e. The minimum absolute atomic E-state index is 0.152. The van der Waals surface area contributed by atoms with E-state index in [4.69, 9.17) is 5.11 Å². The van der Waals surface area contributed by atoms with Gasteiger partial charge in [-0.3, -0.25) is 4.79 Å². The first-order valence-electron chi connectivity index (χ1n) is 10.7. The van der Waals surface area contributed by atoms with Crippen molar-refractivity contribution >= 4 is 12.0 Å². The van der Waals surface area contributed by atoms with E-state index in [9.17, 15) is 4.79 Å². The zero-order chi connectivity index (χ0) is 20.1. The van der Waals surface area contributed by atoms with E-state index >= 15 is 0 Å². The van der Waals surface area contributed by atoms with Crippen molar-refractivity contribution in [2.24, 2.45) is 17.3 Å². The standard InChI is InChI=1S/C24H36N2O2/c1-18(13-19-7-5-4-6-8-19)21-14-22(21)25-16-20-9-11-26(12-10-20)17-24(2,3)15-23(27)28/h4-8,13,20-22,25H,9-12,14-17H2,1-3H3,(H,27,28)/b18-13+. The molecule has 1 heterocycles. The fourth-order valence-corrected chi connectivity index (χ4v) is 4.58. The van der Waals surface area contributed by atoms with Crippen molar-refractivity contribution in [1.82, 2.24) is 10.2 Å². The van der Waals surface area contributed by atoms with Crippen molar-refractivity contribution in [3.63, 3.8) is 0 Å². The molecule has 1 saturated heterocycles. The molecule has 2 N–H and O–H groups in total. The number of hydrogen-bond acceptors (Lipinski definition) is 3. The van der Waals surface area contributed by atoms with Gasteiger partial charge in [-0.15, -0.1) is 0 Å². The van der Waals surface area contributed by atoms with Crippen LogP contribution in [0, 0.1) is 17.3 Å². The highest BCUT2D eigenvalue weighted by molar-refractivity contribution is 5.67. The van der Waals surface area contributed by atoms with Crippen LogP contribution in [0.25, 0.3) is 6.08 Å². The molecule has 0 bridgehead atoms. The number of aliphatic carboxylic acids is 1. The Kier molecular flexibility index (Phi) is 6.95. The van der Waals surface area contributed by atoms with Gasteiger partial charge in [-0.05, 0) is 68.6 Å². The molecule has 0 radical (unpaired) electrons. The topological polar surface area (TPSA) is 52.6 Å². The normalized spacial score (nSPS) is 24.3. The average Bonchev–Trinajstić information content (AvgIpc) is 3.40. The van der Waals surface area contributed by atoms with Gasteiger partial charge in [-0.1, -0.05) is 55.8 Å². The number of carbonyl (C=O) groups is 1. The number of nitrogens with one attached hydrogen (secondary N) is 1. The van der Waals surface area contributed by atoms with Gasteiger partial charge in [-0.2, -0.15) is 0 Å². The van der Waals surface area contributed by atoms with Crippen molar-refractivity contribution in [2.75, 3.05) is 26.2 Å². The summed E-state index contributed by atoms with van der Waals surface area (Å²) in [6.45, 7) is 10.6. The first-order chi connectivity index (χ1) is 13.3. The summed E-state index contributed by atoms with van der Waals surface area (Å²) in [7, 11) is 0. The Balaban J connectivity index is 1.35. The van der Waals surface area contributed by atoms with Gasteiger partial charge in [-0.25, -0.2) is 0 Å². The Morgan fingerprint density at radius 3 is 2.57 bits per heavy atom. The Bertz CT molecular complexity index is 675. The van der Waals surface area contributed by atoms with Crippen molar-refractivity contribution in [1.29, 1.82) is 0 Å². The molecule has 0 spiro atoms. The van der Waals surface area contributed by atoms with Crippen LogP contribution in [0.4, 0.5) is 0 Å². The molecule has 2 atom stereocenters. The van der Waals surface area contributed by atoms with Gasteiger partial charge < -0.3 is 15.3 Å². The molecule has 4 nitrogen and oxygen atoms in total. The average molecular weight is 385 g/mol. The largest absolute Gasteiger partial charge is 0.481 e. The van der Waals surface area contributed by atoms with Gasteiger partial charge in [0.05, 0.1) is 6.42 Å². The quantitative estimate of drug-likeness (QED) is 0.667. The van der Waals surface area contributed by atoms with Crippen molar-refractivity contribution in [3.8, 4) is 0 Å². The molecule has 2 fully saturated rings. The first-order valence-corrected chi connectivity index (χ1v) is 10.7. The second-order valence-electron chi connectivity index (χ2n) is 9.61. The van der Waals surface area contributed by atoms with Crippen LogP contribution in [0.15, 0.2) is 35.9 Å². The number of likely N-dealkylation sites (tertiary alicyclic amines) is 1. The Morgan fingerprint density at radius 1 is 1.25 bits per heavy atom. The summed E-state index contributed by atoms with van der Waals surface area (Å²) >= 11 is 0. The minimum atomic E-state index is -0.695. The van der Waals surface area contributed by atoms with E-state index in [1.54, 1.807) is 0 Å². The molecule has 1 aliphatic carbocycles. The number of rotatable bonds is 9. The molecule has 1 saturated carbocycles. The highest BCUT2D eigenvalue weighted by atomic mass is 16.4. The predicted octanol–water partition coefficient (Wildman–Crippen LogP) is 4.28. The molecule has 2 unspecified atom stereocenters. The number of benzene rings is 1. The Morgan fingerprint density at radius 2 is 1.93 bits per heavy atom. The Hall–Kier alpha value is -1.65. The number of piperidine rings is 1. The summed E-state index contributed by atoms with van der Waals surface area (Å²) in [5.74, 6) is 0.746. The smallest absolute Gasteiger partial charge is 0.303 e. The summed E-state index contributed by atoms with van der Waals surface area (Å²) in [5.41, 5.74) is 2.63. The first kappa shape index (κ1) is 21.1. The maximum atomic E-state index is 11.0. The molecule has 154 valence electrons. The lowest BCUT2D eigenvalue weighted by Crippen LogP contribution is -2.42. The second-order valence-corrected chi connectivity index (χ2v) is 9.61. The van der Waals surface area contributed by atoms with Crippen molar-refractivity contribution < 1.29 is 9.90 Å². The van der Waals surface area contributed by atoms with E-state index < -0.39 is 5.97 Å². The van der Waals surface area contributed by atoms with Gasteiger partial charge in [0.2, 0.25) is 0 Å². The third-order valence-electron chi connectivity index (χ3n) is 6.23. The van der Waals surface area contributed by atoms with Gasteiger partial charge in [0.25, 0.3) is 0 Å². The molecule has 1 aromatic rings.